The number of sulfone groups is 1. The summed E-state index contributed by atoms with van der Waals surface area (Å²) >= 11 is 1.42. The third-order valence-electron chi connectivity index (χ3n) is 3.59. The van der Waals surface area contributed by atoms with Gasteiger partial charge in [-0.25, -0.2) is 13.4 Å². The largest absolute Gasteiger partial charge is 0.469 e. The molecule has 0 N–H and O–H groups in total. The van der Waals surface area contributed by atoms with Crippen molar-refractivity contribution in [1.82, 2.24) is 9.88 Å². The van der Waals surface area contributed by atoms with Crippen molar-refractivity contribution in [3.8, 4) is 0 Å². The highest BCUT2D eigenvalue weighted by atomic mass is 32.2. The smallest absolute Gasteiger partial charge is 0.153 e. The van der Waals surface area contributed by atoms with Gasteiger partial charge in [0, 0.05) is 30.6 Å². The molecule has 5 nitrogen and oxygen atoms in total. The summed E-state index contributed by atoms with van der Waals surface area (Å²) in [5.41, 5.74) is 0.957. The van der Waals surface area contributed by atoms with Crippen molar-refractivity contribution in [1.29, 1.82) is 0 Å². The van der Waals surface area contributed by atoms with Gasteiger partial charge in [-0.05, 0) is 25.1 Å². The lowest BCUT2D eigenvalue weighted by atomic mass is 10.1. The highest BCUT2D eigenvalue weighted by Gasteiger charge is 2.26. The van der Waals surface area contributed by atoms with Crippen LogP contribution in [-0.4, -0.2) is 37.6 Å². The minimum absolute atomic E-state index is 0.0344. The number of hydrogen-bond acceptors (Lipinski definition) is 6. The first-order valence-corrected chi connectivity index (χ1v) is 9.80. The van der Waals surface area contributed by atoms with E-state index in [0.717, 1.165) is 37.5 Å². The Balaban J connectivity index is 1.58. The van der Waals surface area contributed by atoms with Gasteiger partial charge in [-0.2, -0.15) is 0 Å². The van der Waals surface area contributed by atoms with E-state index in [-0.39, 0.29) is 5.75 Å². The van der Waals surface area contributed by atoms with Crippen molar-refractivity contribution in [3.05, 3.63) is 40.2 Å². The number of thiazole rings is 1. The van der Waals surface area contributed by atoms with Gasteiger partial charge in [-0.3, -0.25) is 4.90 Å². The Morgan fingerprint density at radius 1 is 1.52 bits per heavy atom. The first-order valence-electron chi connectivity index (χ1n) is 6.86. The maximum Gasteiger partial charge on any atom is 0.153 e. The lowest BCUT2D eigenvalue weighted by Crippen LogP contribution is -2.20. The summed E-state index contributed by atoms with van der Waals surface area (Å²) in [6, 6.07) is 3.96. The maximum absolute atomic E-state index is 11.3. The fraction of sp³-hybridized carbons (Fsp3) is 0.500. The molecule has 2 aromatic heterocycles. The Kier molecular flexibility index (Phi) is 4.14. The summed E-state index contributed by atoms with van der Waals surface area (Å²) in [5, 5.41) is 2.63. The molecule has 2 aromatic rings. The third kappa shape index (κ3) is 3.93. The SMILES string of the molecule is CS(=O)(=O)Cc1nc(CN2CC[C@H](c3ccco3)C2)cs1. The monoisotopic (exact) mass is 326 g/mol. The van der Waals surface area contributed by atoms with Gasteiger partial charge in [0.2, 0.25) is 0 Å². The average molecular weight is 326 g/mol. The predicted octanol–water partition coefficient (Wildman–Crippen LogP) is 2.27. The number of rotatable bonds is 5. The topological polar surface area (TPSA) is 63.4 Å². The number of likely N-dealkylation sites (tertiary alicyclic amines) is 1. The summed E-state index contributed by atoms with van der Waals surface area (Å²) in [6.45, 7) is 2.76. The van der Waals surface area contributed by atoms with Gasteiger partial charge < -0.3 is 4.42 Å². The van der Waals surface area contributed by atoms with Crippen molar-refractivity contribution in [2.45, 2.75) is 24.6 Å². The van der Waals surface area contributed by atoms with Crippen LogP contribution in [0.25, 0.3) is 0 Å². The van der Waals surface area contributed by atoms with E-state index in [2.05, 4.69) is 9.88 Å². The van der Waals surface area contributed by atoms with Gasteiger partial charge >= 0.3 is 0 Å². The molecular formula is C14H18N2O3S2. The highest BCUT2D eigenvalue weighted by Crippen LogP contribution is 2.28. The van der Waals surface area contributed by atoms with E-state index in [1.807, 2.05) is 17.5 Å². The Hall–Kier alpha value is -1.18. The summed E-state index contributed by atoms with van der Waals surface area (Å²) in [5.74, 6) is 1.54. The highest BCUT2D eigenvalue weighted by molar-refractivity contribution is 7.90. The zero-order valence-electron chi connectivity index (χ0n) is 11.9. The van der Waals surface area contributed by atoms with Gasteiger partial charge in [-0.15, -0.1) is 11.3 Å². The van der Waals surface area contributed by atoms with Crippen LogP contribution in [0.5, 0.6) is 0 Å². The Labute approximate surface area is 128 Å². The molecule has 1 fully saturated rings. The van der Waals surface area contributed by atoms with Crippen molar-refractivity contribution < 1.29 is 12.8 Å². The summed E-state index contributed by atoms with van der Waals surface area (Å²) in [6.07, 6.45) is 4.05. The number of furan rings is 1. The molecule has 0 radical (unpaired) electrons. The van der Waals surface area contributed by atoms with Crippen LogP contribution in [0.15, 0.2) is 28.2 Å². The molecule has 0 bridgehead atoms. The molecule has 3 rings (SSSR count). The van der Waals surface area contributed by atoms with Gasteiger partial charge in [0.1, 0.15) is 16.5 Å². The van der Waals surface area contributed by atoms with Crippen LogP contribution in [0, 0.1) is 0 Å². The van der Waals surface area contributed by atoms with E-state index in [1.54, 1.807) is 6.26 Å². The normalized spacial score (nSPS) is 20.1. The van der Waals surface area contributed by atoms with Crippen LogP contribution in [-0.2, 0) is 22.1 Å². The van der Waals surface area contributed by atoms with E-state index in [9.17, 15) is 8.42 Å². The molecule has 0 saturated carbocycles. The van der Waals surface area contributed by atoms with Crippen LogP contribution in [0.1, 0.15) is 28.8 Å². The summed E-state index contributed by atoms with van der Waals surface area (Å²) < 4.78 is 28.0. The van der Waals surface area contributed by atoms with E-state index in [4.69, 9.17) is 4.42 Å². The van der Waals surface area contributed by atoms with E-state index in [1.165, 1.54) is 17.6 Å². The molecule has 0 aromatic carbocycles. The Morgan fingerprint density at radius 3 is 3.10 bits per heavy atom. The molecule has 0 spiro atoms. The predicted molar refractivity (Wildman–Crippen MR) is 82.0 cm³/mol. The molecule has 1 aliphatic rings. The molecule has 7 heteroatoms. The second-order valence-electron chi connectivity index (χ2n) is 5.54. The molecule has 0 aliphatic carbocycles. The lowest BCUT2D eigenvalue weighted by molar-refractivity contribution is 0.318. The van der Waals surface area contributed by atoms with Crippen molar-refractivity contribution in [3.63, 3.8) is 0 Å². The number of hydrogen-bond donors (Lipinski definition) is 0. The van der Waals surface area contributed by atoms with E-state index < -0.39 is 9.84 Å². The van der Waals surface area contributed by atoms with Gasteiger partial charge in [-0.1, -0.05) is 0 Å². The quantitative estimate of drug-likeness (QED) is 0.843. The molecule has 0 unspecified atom stereocenters. The first-order chi connectivity index (χ1) is 9.99. The summed E-state index contributed by atoms with van der Waals surface area (Å²) in [4.78, 5) is 6.76. The molecule has 21 heavy (non-hydrogen) atoms. The zero-order valence-corrected chi connectivity index (χ0v) is 13.5. The van der Waals surface area contributed by atoms with Crippen molar-refractivity contribution in [2.24, 2.45) is 0 Å². The van der Waals surface area contributed by atoms with Crippen LogP contribution in [0.3, 0.4) is 0 Å². The van der Waals surface area contributed by atoms with Crippen LogP contribution >= 0.6 is 11.3 Å². The molecule has 1 atom stereocenters. The first kappa shape index (κ1) is 14.7. The van der Waals surface area contributed by atoms with Gasteiger partial charge in [0.05, 0.1) is 12.0 Å². The molecule has 114 valence electrons. The number of nitrogens with zero attached hydrogens (tertiary/aromatic N) is 2. The minimum Gasteiger partial charge on any atom is -0.469 e. The molecule has 3 heterocycles. The zero-order chi connectivity index (χ0) is 14.9. The minimum atomic E-state index is -3.01. The fourth-order valence-electron chi connectivity index (χ4n) is 2.67. The fourth-order valence-corrected chi connectivity index (χ4v) is 4.67. The average Bonchev–Trinajstić information content (AvgIpc) is 3.08. The summed E-state index contributed by atoms with van der Waals surface area (Å²) in [7, 11) is -3.01. The third-order valence-corrected chi connectivity index (χ3v) is 5.47. The van der Waals surface area contributed by atoms with Crippen LogP contribution in [0.2, 0.25) is 0 Å². The molecule has 1 aliphatic heterocycles. The van der Waals surface area contributed by atoms with E-state index in [0.29, 0.717) is 10.9 Å². The van der Waals surface area contributed by atoms with Gasteiger partial charge in [0.15, 0.2) is 9.84 Å². The second-order valence-corrected chi connectivity index (χ2v) is 8.62. The second kappa shape index (κ2) is 5.90. The molecule has 1 saturated heterocycles. The number of aromatic nitrogens is 1. The van der Waals surface area contributed by atoms with Crippen molar-refractivity contribution in [2.75, 3.05) is 19.3 Å². The van der Waals surface area contributed by atoms with Gasteiger partial charge in [0.25, 0.3) is 0 Å². The van der Waals surface area contributed by atoms with Crippen LogP contribution < -0.4 is 0 Å². The van der Waals surface area contributed by atoms with E-state index >= 15 is 0 Å². The molecule has 0 amide bonds. The Bertz CT molecular complexity index is 692. The Morgan fingerprint density at radius 2 is 2.38 bits per heavy atom. The van der Waals surface area contributed by atoms with Crippen LogP contribution in [0.4, 0.5) is 0 Å². The molecular weight excluding hydrogens is 308 g/mol. The van der Waals surface area contributed by atoms with Crippen molar-refractivity contribution >= 4 is 21.2 Å². The standard InChI is InChI=1S/C14H18N2O3S2/c1-21(17,18)10-14-15-12(9-20-14)8-16-5-4-11(7-16)13-3-2-6-19-13/h2-3,6,9,11H,4-5,7-8,10H2,1H3/t11-/m0/s1. The lowest BCUT2D eigenvalue weighted by Gasteiger charge is -2.13. The maximum atomic E-state index is 11.3.